The molecule has 1 aliphatic heterocycles. The van der Waals surface area contributed by atoms with E-state index in [1.807, 2.05) is 4.90 Å². The second kappa shape index (κ2) is 5.59. The molecule has 1 saturated carbocycles. The van der Waals surface area contributed by atoms with Crippen molar-refractivity contribution in [1.82, 2.24) is 10.3 Å². The molecule has 7 heteroatoms. The van der Waals surface area contributed by atoms with E-state index in [9.17, 15) is 14.0 Å². The van der Waals surface area contributed by atoms with E-state index in [-0.39, 0.29) is 16.9 Å². The van der Waals surface area contributed by atoms with Crippen molar-refractivity contribution in [2.45, 2.75) is 18.8 Å². The number of H-pyrrole nitrogens is 1. The number of fused-ring (bicyclic) bond motifs is 1. The van der Waals surface area contributed by atoms with Crippen molar-refractivity contribution in [2.75, 3.05) is 31.1 Å². The number of carbonyl (C=O) groups is 1. The standard InChI is InChI=1S/C17H18FN3O3/c18-12-7-10-14(20-8-11(16(10)22)17(23)24)13(9-1-2-9)15(12)21-5-3-19-4-6-21/h7-9,19H,1-6H2,(H,20,22)(H,23,24). The number of nitrogens with one attached hydrogen (secondary N) is 2. The van der Waals surface area contributed by atoms with Crippen LogP contribution < -0.4 is 15.6 Å². The molecule has 3 N–H and O–H groups in total. The first-order valence-electron chi connectivity index (χ1n) is 8.14. The first-order valence-corrected chi connectivity index (χ1v) is 8.14. The van der Waals surface area contributed by atoms with Crippen molar-refractivity contribution >= 4 is 22.6 Å². The maximum atomic E-state index is 14.9. The lowest BCUT2D eigenvalue weighted by molar-refractivity contribution is 0.0695. The lowest BCUT2D eigenvalue weighted by Gasteiger charge is -2.32. The SMILES string of the molecule is O=C(O)c1c[nH]c2c(C3CC3)c(N3CCNCC3)c(F)cc2c1=O. The Kier molecular flexibility index (Phi) is 3.53. The van der Waals surface area contributed by atoms with Crippen LogP contribution in [-0.2, 0) is 0 Å². The van der Waals surface area contributed by atoms with Gasteiger partial charge in [0.2, 0.25) is 5.43 Å². The molecular formula is C17H18FN3O3. The fourth-order valence-corrected chi connectivity index (χ4v) is 3.49. The Morgan fingerprint density at radius 3 is 2.62 bits per heavy atom. The van der Waals surface area contributed by atoms with Gasteiger partial charge in [-0.15, -0.1) is 0 Å². The molecule has 126 valence electrons. The summed E-state index contributed by atoms with van der Waals surface area (Å²) >= 11 is 0. The zero-order valence-electron chi connectivity index (χ0n) is 13.1. The van der Waals surface area contributed by atoms with Crippen molar-refractivity contribution < 1.29 is 14.3 Å². The first-order chi connectivity index (χ1) is 11.6. The summed E-state index contributed by atoms with van der Waals surface area (Å²) in [6.07, 6.45) is 3.14. The van der Waals surface area contributed by atoms with Gasteiger partial charge >= 0.3 is 5.97 Å². The number of anilines is 1. The van der Waals surface area contributed by atoms with E-state index in [4.69, 9.17) is 5.11 Å². The van der Waals surface area contributed by atoms with Gasteiger partial charge in [0, 0.05) is 43.3 Å². The molecule has 24 heavy (non-hydrogen) atoms. The largest absolute Gasteiger partial charge is 0.477 e. The monoisotopic (exact) mass is 331 g/mol. The molecule has 1 aliphatic carbocycles. The van der Waals surface area contributed by atoms with Gasteiger partial charge in [-0.3, -0.25) is 4.79 Å². The minimum Gasteiger partial charge on any atom is -0.477 e. The molecule has 0 atom stereocenters. The lowest BCUT2D eigenvalue weighted by atomic mass is 10.00. The number of halogens is 1. The molecule has 0 spiro atoms. The number of rotatable bonds is 3. The van der Waals surface area contributed by atoms with Crippen LogP contribution in [0.5, 0.6) is 0 Å². The fraction of sp³-hybridized carbons (Fsp3) is 0.412. The van der Waals surface area contributed by atoms with Crippen molar-refractivity contribution in [1.29, 1.82) is 0 Å². The summed E-state index contributed by atoms with van der Waals surface area (Å²) in [5.74, 6) is -1.53. The van der Waals surface area contributed by atoms with Crippen LogP contribution in [0.3, 0.4) is 0 Å². The number of piperazine rings is 1. The Morgan fingerprint density at radius 2 is 2.00 bits per heavy atom. The van der Waals surface area contributed by atoms with E-state index < -0.39 is 17.2 Å². The molecule has 2 aromatic rings. The Hall–Kier alpha value is -2.41. The van der Waals surface area contributed by atoms with Gasteiger partial charge in [0.05, 0.1) is 11.2 Å². The number of aromatic carboxylic acids is 1. The molecule has 6 nitrogen and oxygen atoms in total. The smallest absolute Gasteiger partial charge is 0.341 e. The number of aromatic nitrogens is 1. The van der Waals surface area contributed by atoms with Gasteiger partial charge in [0.1, 0.15) is 11.4 Å². The minimum absolute atomic E-state index is 0.119. The summed E-state index contributed by atoms with van der Waals surface area (Å²) in [5.41, 5.74) is 0.955. The Labute approximate surface area is 137 Å². The first kappa shape index (κ1) is 15.1. The second-order valence-electron chi connectivity index (χ2n) is 6.39. The van der Waals surface area contributed by atoms with Crippen molar-refractivity contribution in [3.8, 4) is 0 Å². The van der Waals surface area contributed by atoms with Crippen LogP contribution in [-0.4, -0.2) is 42.2 Å². The number of nitrogens with zero attached hydrogens (tertiary/aromatic N) is 1. The summed E-state index contributed by atoms with van der Waals surface area (Å²) in [6, 6.07) is 1.18. The predicted molar refractivity (Wildman–Crippen MR) is 88.5 cm³/mol. The maximum absolute atomic E-state index is 14.9. The minimum atomic E-state index is -1.31. The van der Waals surface area contributed by atoms with Crippen LogP contribution in [0.2, 0.25) is 0 Å². The van der Waals surface area contributed by atoms with Crippen molar-refractivity contribution in [3.05, 3.63) is 39.4 Å². The summed E-state index contributed by atoms with van der Waals surface area (Å²) in [4.78, 5) is 28.5. The van der Waals surface area contributed by atoms with Crippen LogP contribution >= 0.6 is 0 Å². The highest BCUT2D eigenvalue weighted by Gasteiger charge is 2.33. The average Bonchev–Trinajstić information content (AvgIpc) is 3.40. The number of carboxylic acid groups (broad SMARTS) is 1. The Morgan fingerprint density at radius 1 is 1.29 bits per heavy atom. The van der Waals surface area contributed by atoms with Crippen molar-refractivity contribution in [3.63, 3.8) is 0 Å². The molecule has 0 unspecified atom stereocenters. The molecule has 2 aliphatic rings. The van der Waals surface area contributed by atoms with Gasteiger partial charge in [-0.2, -0.15) is 0 Å². The quantitative estimate of drug-likeness (QED) is 0.796. The van der Waals surface area contributed by atoms with Gasteiger partial charge < -0.3 is 20.3 Å². The molecule has 2 heterocycles. The van der Waals surface area contributed by atoms with Gasteiger partial charge in [-0.05, 0) is 24.8 Å². The Bertz CT molecular complexity index is 883. The highest BCUT2D eigenvalue weighted by Crippen LogP contribution is 2.47. The predicted octanol–water partition coefficient (Wildman–Crippen LogP) is 1.65. The molecule has 4 rings (SSSR count). The molecule has 1 aromatic carbocycles. The lowest BCUT2D eigenvalue weighted by Crippen LogP contribution is -2.44. The summed E-state index contributed by atoms with van der Waals surface area (Å²) in [5, 5.41) is 12.5. The van der Waals surface area contributed by atoms with Gasteiger partial charge in [0.25, 0.3) is 0 Å². The molecule has 1 aromatic heterocycles. The van der Waals surface area contributed by atoms with E-state index in [1.165, 1.54) is 12.3 Å². The van der Waals surface area contributed by atoms with Crippen LogP contribution in [0.15, 0.2) is 17.1 Å². The van der Waals surface area contributed by atoms with E-state index in [0.29, 0.717) is 24.3 Å². The number of hydrogen-bond acceptors (Lipinski definition) is 4. The van der Waals surface area contributed by atoms with E-state index in [0.717, 1.165) is 31.5 Å². The fourth-order valence-electron chi connectivity index (χ4n) is 3.49. The van der Waals surface area contributed by atoms with Crippen LogP contribution in [0.1, 0.15) is 34.7 Å². The number of pyridine rings is 1. The Balaban J connectivity index is 1.99. The average molecular weight is 331 g/mol. The molecule has 0 bridgehead atoms. The highest BCUT2D eigenvalue weighted by molar-refractivity contribution is 5.95. The van der Waals surface area contributed by atoms with E-state index in [2.05, 4.69) is 10.3 Å². The topological polar surface area (TPSA) is 85.4 Å². The number of aromatic amines is 1. The summed E-state index contributed by atoms with van der Waals surface area (Å²) < 4.78 is 14.9. The number of carboxylic acids is 1. The normalized spacial score (nSPS) is 18.1. The van der Waals surface area contributed by atoms with E-state index >= 15 is 0 Å². The third-order valence-corrected chi connectivity index (χ3v) is 4.79. The van der Waals surface area contributed by atoms with Gasteiger partial charge in [-0.1, -0.05) is 0 Å². The molecule has 2 fully saturated rings. The third kappa shape index (κ3) is 2.36. The molecular weight excluding hydrogens is 313 g/mol. The third-order valence-electron chi connectivity index (χ3n) is 4.79. The molecule has 1 saturated heterocycles. The van der Waals surface area contributed by atoms with Gasteiger partial charge in [-0.25, -0.2) is 9.18 Å². The van der Waals surface area contributed by atoms with Crippen LogP contribution in [0.25, 0.3) is 10.9 Å². The van der Waals surface area contributed by atoms with Gasteiger partial charge in [0.15, 0.2) is 0 Å². The van der Waals surface area contributed by atoms with E-state index in [1.54, 1.807) is 0 Å². The number of benzene rings is 1. The molecule has 0 amide bonds. The second-order valence-corrected chi connectivity index (χ2v) is 6.39. The van der Waals surface area contributed by atoms with Crippen molar-refractivity contribution in [2.24, 2.45) is 0 Å². The molecule has 0 radical (unpaired) electrons. The zero-order chi connectivity index (χ0) is 16.8. The number of hydrogen-bond donors (Lipinski definition) is 3. The van der Waals surface area contributed by atoms with Crippen LogP contribution in [0, 0.1) is 5.82 Å². The summed E-state index contributed by atoms with van der Waals surface area (Å²) in [6.45, 7) is 2.99. The zero-order valence-corrected chi connectivity index (χ0v) is 13.1. The summed E-state index contributed by atoms with van der Waals surface area (Å²) in [7, 11) is 0. The maximum Gasteiger partial charge on any atom is 0.341 e. The highest BCUT2D eigenvalue weighted by atomic mass is 19.1. The van der Waals surface area contributed by atoms with Crippen LogP contribution in [0.4, 0.5) is 10.1 Å².